The first-order valence-electron chi connectivity index (χ1n) is 7.00. The standard InChI is InChI=1S/C15H23N3O/c1-12(11-18-9-3-4-10-18)17-15(19)13-5-7-14(16-2)8-6-13/h5-8,12,16H,3-4,9-11H2,1-2H3,(H,17,19). The number of hydrogen-bond donors (Lipinski definition) is 2. The van der Waals surface area contributed by atoms with Gasteiger partial charge in [-0.25, -0.2) is 0 Å². The molecule has 1 aromatic carbocycles. The van der Waals surface area contributed by atoms with E-state index in [4.69, 9.17) is 0 Å². The average Bonchev–Trinajstić information content (AvgIpc) is 2.91. The van der Waals surface area contributed by atoms with Crippen molar-refractivity contribution in [3.8, 4) is 0 Å². The number of likely N-dealkylation sites (tertiary alicyclic amines) is 1. The Kier molecular flexibility index (Phi) is 4.80. The van der Waals surface area contributed by atoms with E-state index < -0.39 is 0 Å². The normalized spacial score (nSPS) is 17.2. The molecule has 1 unspecified atom stereocenters. The van der Waals surface area contributed by atoms with Crippen LogP contribution >= 0.6 is 0 Å². The lowest BCUT2D eigenvalue weighted by molar-refractivity contribution is 0.0932. The van der Waals surface area contributed by atoms with Crippen LogP contribution in [-0.2, 0) is 0 Å². The van der Waals surface area contributed by atoms with Crippen LogP contribution in [0.5, 0.6) is 0 Å². The van der Waals surface area contributed by atoms with Gasteiger partial charge in [0.05, 0.1) is 0 Å². The number of carbonyl (C=O) groups excluding carboxylic acids is 1. The second-order valence-corrected chi connectivity index (χ2v) is 5.21. The van der Waals surface area contributed by atoms with Gasteiger partial charge >= 0.3 is 0 Å². The van der Waals surface area contributed by atoms with E-state index in [1.165, 1.54) is 12.8 Å². The van der Waals surface area contributed by atoms with Gasteiger partial charge < -0.3 is 15.5 Å². The van der Waals surface area contributed by atoms with Crippen LogP contribution < -0.4 is 10.6 Å². The lowest BCUT2D eigenvalue weighted by atomic mass is 10.2. The van der Waals surface area contributed by atoms with Crippen molar-refractivity contribution in [3.05, 3.63) is 29.8 Å². The number of carbonyl (C=O) groups is 1. The Bertz CT molecular complexity index is 410. The highest BCUT2D eigenvalue weighted by molar-refractivity contribution is 5.94. The van der Waals surface area contributed by atoms with E-state index in [1.807, 2.05) is 31.3 Å². The predicted molar refractivity (Wildman–Crippen MR) is 78.6 cm³/mol. The summed E-state index contributed by atoms with van der Waals surface area (Å²) in [6.45, 7) is 5.34. The first-order chi connectivity index (χ1) is 9.19. The predicted octanol–water partition coefficient (Wildman–Crippen LogP) is 1.94. The molecule has 1 heterocycles. The summed E-state index contributed by atoms with van der Waals surface area (Å²) in [6.07, 6.45) is 2.57. The molecule has 1 fully saturated rings. The summed E-state index contributed by atoms with van der Waals surface area (Å²) in [5, 5.41) is 6.10. The molecule has 19 heavy (non-hydrogen) atoms. The molecule has 1 aliphatic heterocycles. The zero-order valence-corrected chi connectivity index (χ0v) is 11.8. The van der Waals surface area contributed by atoms with Gasteiger partial charge in [-0.1, -0.05) is 0 Å². The van der Waals surface area contributed by atoms with Crippen molar-refractivity contribution in [2.24, 2.45) is 0 Å². The van der Waals surface area contributed by atoms with Gasteiger partial charge in [0.2, 0.25) is 0 Å². The van der Waals surface area contributed by atoms with Crippen LogP contribution in [0.3, 0.4) is 0 Å². The van der Waals surface area contributed by atoms with Crippen molar-refractivity contribution < 1.29 is 4.79 Å². The fourth-order valence-corrected chi connectivity index (χ4v) is 2.49. The zero-order valence-electron chi connectivity index (χ0n) is 11.8. The Morgan fingerprint density at radius 2 is 1.89 bits per heavy atom. The number of anilines is 1. The third-order valence-corrected chi connectivity index (χ3v) is 3.54. The quantitative estimate of drug-likeness (QED) is 0.851. The molecule has 1 aliphatic rings. The molecule has 0 bridgehead atoms. The van der Waals surface area contributed by atoms with E-state index in [9.17, 15) is 4.79 Å². The minimum atomic E-state index is 0.00866. The smallest absolute Gasteiger partial charge is 0.251 e. The largest absolute Gasteiger partial charge is 0.388 e. The monoisotopic (exact) mass is 261 g/mol. The lowest BCUT2D eigenvalue weighted by Crippen LogP contribution is -2.41. The summed E-state index contributed by atoms with van der Waals surface area (Å²) < 4.78 is 0. The van der Waals surface area contributed by atoms with Crippen molar-refractivity contribution in [1.29, 1.82) is 0 Å². The fourth-order valence-electron chi connectivity index (χ4n) is 2.49. The molecule has 104 valence electrons. The topological polar surface area (TPSA) is 44.4 Å². The maximum Gasteiger partial charge on any atom is 0.251 e. The van der Waals surface area contributed by atoms with Gasteiger partial charge in [0.15, 0.2) is 0 Å². The highest BCUT2D eigenvalue weighted by Crippen LogP contribution is 2.10. The molecule has 4 heteroatoms. The number of benzene rings is 1. The molecule has 0 radical (unpaired) electrons. The molecule has 1 saturated heterocycles. The van der Waals surface area contributed by atoms with Gasteiger partial charge in [-0.2, -0.15) is 0 Å². The Labute approximate surface area is 115 Å². The van der Waals surface area contributed by atoms with Gasteiger partial charge in [-0.3, -0.25) is 4.79 Å². The zero-order chi connectivity index (χ0) is 13.7. The number of nitrogens with one attached hydrogen (secondary N) is 2. The Balaban J connectivity index is 1.84. The molecule has 2 rings (SSSR count). The van der Waals surface area contributed by atoms with Gasteiger partial charge in [0.25, 0.3) is 5.91 Å². The van der Waals surface area contributed by atoms with Crippen LogP contribution in [0.15, 0.2) is 24.3 Å². The number of rotatable bonds is 5. The first-order valence-corrected chi connectivity index (χ1v) is 7.00. The summed E-state index contributed by atoms with van der Waals surface area (Å²) in [5.74, 6) is 0.00866. The van der Waals surface area contributed by atoms with Crippen LogP contribution in [0.1, 0.15) is 30.1 Å². The summed E-state index contributed by atoms with van der Waals surface area (Å²) >= 11 is 0. The molecular formula is C15H23N3O. The lowest BCUT2D eigenvalue weighted by Gasteiger charge is -2.21. The van der Waals surface area contributed by atoms with Crippen LogP contribution in [0.25, 0.3) is 0 Å². The minimum Gasteiger partial charge on any atom is -0.388 e. The minimum absolute atomic E-state index is 0.00866. The Morgan fingerprint density at radius 1 is 1.26 bits per heavy atom. The Morgan fingerprint density at radius 3 is 2.47 bits per heavy atom. The van der Waals surface area contributed by atoms with Gasteiger partial charge in [0.1, 0.15) is 0 Å². The van der Waals surface area contributed by atoms with Crippen molar-refractivity contribution in [2.75, 3.05) is 32.0 Å². The van der Waals surface area contributed by atoms with Crippen molar-refractivity contribution in [1.82, 2.24) is 10.2 Å². The van der Waals surface area contributed by atoms with Crippen molar-refractivity contribution >= 4 is 11.6 Å². The van der Waals surface area contributed by atoms with Crippen molar-refractivity contribution in [2.45, 2.75) is 25.8 Å². The van der Waals surface area contributed by atoms with Crippen LogP contribution in [0.2, 0.25) is 0 Å². The van der Waals surface area contributed by atoms with Crippen LogP contribution in [0.4, 0.5) is 5.69 Å². The summed E-state index contributed by atoms with van der Waals surface area (Å²) in [5.41, 5.74) is 1.73. The summed E-state index contributed by atoms with van der Waals surface area (Å²) in [7, 11) is 1.87. The molecule has 1 amide bonds. The summed E-state index contributed by atoms with van der Waals surface area (Å²) in [6, 6.07) is 7.72. The second-order valence-electron chi connectivity index (χ2n) is 5.21. The van der Waals surface area contributed by atoms with E-state index in [0.717, 1.165) is 25.3 Å². The Hall–Kier alpha value is -1.55. The van der Waals surface area contributed by atoms with E-state index in [2.05, 4.69) is 22.5 Å². The first kappa shape index (κ1) is 13.9. The van der Waals surface area contributed by atoms with Gasteiger partial charge in [-0.05, 0) is 57.1 Å². The van der Waals surface area contributed by atoms with Crippen molar-refractivity contribution in [3.63, 3.8) is 0 Å². The molecule has 1 atom stereocenters. The van der Waals surface area contributed by atoms with Crippen LogP contribution in [0, 0.1) is 0 Å². The van der Waals surface area contributed by atoms with E-state index in [1.54, 1.807) is 0 Å². The summed E-state index contributed by atoms with van der Waals surface area (Å²) in [4.78, 5) is 14.5. The van der Waals surface area contributed by atoms with Gasteiger partial charge in [-0.15, -0.1) is 0 Å². The van der Waals surface area contributed by atoms with E-state index in [0.29, 0.717) is 5.56 Å². The number of nitrogens with zero attached hydrogens (tertiary/aromatic N) is 1. The third kappa shape index (κ3) is 3.96. The maximum absolute atomic E-state index is 12.1. The molecule has 2 N–H and O–H groups in total. The molecule has 0 saturated carbocycles. The fraction of sp³-hybridized carbons (Fsp3) is 0.533. The van der Waals surface area contributed by atoms with Crippen LogP contribution in [-0.4, -0.2) is 43.5 Å². The molecule has 4 nitrogen and oxygen atoms in total. The van der Waals surface area contributed by atoms with E-state index in [-0.39, 0.29) is 11.9 Å². The third-order valence-electron chi connectivity index (χ3n) is 3.54. The second kappa shape index (κ2) is 6.57. The molecular weight excluding hydrogens is 238 g/mol. The maximum atomic E-state index is 12.1. The number of amides is 1. The van der Waals surface area contributed by atoms with Gasteiger partial charge in [0, 0.05) is 30.9 Å². The molecule has 1 aromatic rings. The highest BCUT2D eigenvalue weighted by atomic mass is 16.1. The average molecular weight is 261 g/mol. The molecule has 0 spiro atoms. The SMILES string of the molecule is CNc1ccc(C(=O)NC(C)CN2CCCC2)cc1. The molecule has 0 aliphatic carbocycles. The molecule has 0 aromatic heterocycles. The highest BCUT2D eigenvalue weighted by Gasteiger charge is 2.16. The number of hydrogen-bond acceptors (Lipinski definition) is 3. The van der Waals surface area contributed by atoms with E-state index >= 15 is 0 Å².